The lowest BCUT2D eigenvalue weighted by Gasteiger charge is -2.07. The standard InChI is InChI=1S/C8H15N3OS/c1-7(5-10)13-6-8(12)11-4-2-3-9/h7H,2,4-6,10H2,1H3,(H,11,12). The summed E-state index contributed by atoms with van der Waals surface area (Å²) in [7, 11) is 0. The first-order valence-electron chi connectivity index (χ1n) is 4.16. The van der Waals surface area contributed by atoms with E-state index in [0.29, 0.717) is 30.5 Å². The van der Waals surface area contributed by atoms with E-state index in [9.17, 15) is 4.79 Å². The Morgan fingerprint density at radius 2 is 2.46 bits per heavy atom. The van der Waals surface area contributed by atoms with Crippen LogP contribution < -0.4 is 11.1 Å². The Bertz CT molecular complexity index is 190. The van der Waals surface area contributed by atoms with Crippen molar-refractivity contribution >= 4 is 17.7 Å². The number of nitrogens with zero attached hydrogens (tertiary/aromatic N) is 1. The van der Waals surface area contributed by atoms with Crippen LogP contribution in [-0.4, -0.2) is 30.0 Å². The van der Waals surface area contributed by atoms with Crippen LogP contribution in [0.1, 0.15) is 13.3 Å². The minimum atomic E-state index is -0.0273. The van der Waals surface area contributed by atoms with E-state index in [0.717, 1.165) is 0 Å². The van der Waals surface area contributed by atoms with Gasteiger partial charge in [0.2, 0.25) is 5.91 Å². The predicted octanol–water partition coefficient (Wildman–Crippen LogP) is 0.0967. The number of carbonyl (C=O) groups excluding carboxylic acids is 1. The quantitative estimate of drug-likeness (QED) is 0.597. The van der Waals surface area contributed by atoms with Gasteiger partial charge in [-0.15, -0.1) is 11.8 Å². The molecule has 0 saturated carbocycles. The van der Waals surface area contributed by atoms with Gasteiger partial charge in [-0.25, -0.2) is 0 Å². The number of thioether (sulfide) groups is 1. The Morgan fingerprint density at radius 1 is 1.77 bits per heavy atom. The summed E-state index contributed by atoms with van der Waals surface area (Å²) >= 11 is 1.52. The Balaban J connectivity index is 3.36. The smallest absolute Gasteiger partial charge is 0.230 e. The maximum atomic E-state index is 11.1. The molecule has 1 unspecified atom stereocenters. The van der Waals surface area contributed by atoms with Crippen LogP contribution in [0.2, 0.25) is 0 Å². The molecule has 74 valence electrons. The van der Waals surface area contributed by atoms with Crippen molar-refractivity contribution < 1.29 is 4.79 Å². The molecule has 13 heavy (non-hydrogen) atoms. The van der Waals surface area contributed by atoms with Crippen LogP contribution in [0.15, 0.2) is 0 Å². The normalized spacial score (nSPS) is 11.8. The molecule has 0 heterocycles. The highest BCUT2D eigenvalue weighted by Crippen LogP contribution is 2.07. The van der Waals surface area contributed by atoms with Gasteiger partial charge in [0.1, 0.15) is 0 Å². The SMILES string of the molecule is CC(CN)SCC(=O)NCCC#N. The molecule has 0 aromatic rings. The van der Waals surface area contributed by atoms with E-state index in [-0.39, 0.29) is 5.91 Å². The average molecular weight is 201 g/mol. The lowest BCUT2D eigenvalue weighted by atomic mass is 10.4. The highest BCUT2D eigenvalue weighted by Gasteiger charge is 2.04. The molecular formula is C8H15N3OS. The largest absolute Gasteiger partial charge is 0.354 e. The van der Waals surface area contributed by atoms with Crippen molar-refractivity contribution in [2.24, 2.45) is 5.73 Å². The Labute approximate surface area is 82.9 Å². The number of nitrogens with two attached hydrogens (primary N) is 1. The molecule has 0 aromatic carbocycles. The van der Waals surface area contributed by atoms with Gasteiger partial charge in [0, 0.05) is 18.3 Å². The van der Waals surface area contributed by atoms with Gasteiger partial charge in [-0.1, -0.05) is 6.92 Å². The number of nitrogens with one attached hydrogen (secondary N) is 1. The molecule has 0 spiro atoms. The fourth-order valence-corrected chi connectivity index (χ4v) is 1.27. The number of hydrogen-bond acceptors (Lipinski definition) is 4. The zero-order valence-electron chi connectivity index (χ0n) is 7.75. The van der Waals surface area contributed by atoms with Crippen LogP contribution in [-0.2, 0) is 4.79 Å². The lowest BCUT2D eigenvalue weighted by Crippen LogP contribution is -2.27. The van der Waals surface area contributed by atoms with Crippen LogP contribution in [0.25, 0.3) is 0 Å². The van der Waals surface area contributed by atoms with Gasteiger partial charge < -0.3 is 11.1 Å². The van der Waals surface area contributed by atoms with Crippen molar-refractivity contribution in [3.8, 4) is 6.07 Å². The lowest BCUT2D eigenvalue weighted by molar-refractivity contribution is -0.118. The van der Waals surface area contributed by atoms with Crippen molar-refractivity contribution in [1.29, 1.82) is 5.26 Å². The summed E-state index contributed by atoms with van der Waals surface area (Å²) in [4.78, 5) is 11.1. The van der Waals surface area contributed by atoms with E-state index in [4.69, 9.17) is 11.0 Å². The molecule has 0 aromatic heterocycles. The molecular weight excluding hydrogens is 186 g/mol. The van der Waals surface area contributed by atoms with Crippen molar-refractivity contribution in [2.75, 3.05) is 18.8 Å². The van der Waals surface area contributed by atoms with E-state index < -0.39 is 0 Å². The molecule has 0 rings (SSSR count). The Kier molecular flexibility index (Phi) is 7.45. The van der Waals surface area contributed by atoms with Crippen LogP contribution in [0, 0.1) is 11.3 Å². The van der Waals surface area contributed by atoms with Crippen molar-refractivity contribution in [2.45, 2.75) is 18.6 Å². The van der Waals surface area contributed by atoms with Gasteiger partial charge in [-0.05, 0) is 0 Å². The van der Waals surface area contributed by atoms with Gasteiger partial charge in [0.05, 0.1) is 18.2 Å². The number of amides is 1. The molecule has 0 fully saturated rings. The van der Waals surface area contributed by atoms with E-state index >= 15 is 0 Å². The van der Waals surface area contributed by atoms with Gasteiger partial charge in [-0.2, -0.15) is 5.26 Å². The molecule has 0 aliphatic rings. The predicted molar refractivity (Wildman–Crippen MR) is 54.2 cm³/mol. The molecule has 0 aliphatic heterocycles. The van der Waals surface area contributed by atoms with E-state index in [1.165, 1.54) is 11.8 Å². The third kappa shape index (κ3) is 7.62. The molecule has 5 heteroatoms. The van der Waals surface area contributed by atoms with Gasteiger partial charge in [0.25, 0.3) is 0 Å². The number of carbonyl (C=O) groups is 1. The number of rotatable bonds is 6. The molecule has 4 nitrogen and oxygen atoms in total. The Morgan fingerprint density at radius 3 is 3.00 bits per heavy atom. The third-order valence-electron chi connectivity index (χ3n) is 1.39. The molecule has 0 saturated heterocycles. The van der Waals surface area contributed by atoms with Crippen LogP contribution in [0.4, 0.5) is 0 Å². The fourth-order valence-electron chi connectivity index (χ4n) is 0.595. The third-order valence-corrected chi connectivity index (χ3v) is 2.58. The minimum Gasteiger partial charge on any atom is -0.354 e. The van der Waals surface area contributed by atoms with Gasteiger partial charge in [-0.3, -0.25) is 4.79 Å². The zero-order valence-corrected chi connectivity index (χ0v) is 8.56. The van der Waals surface area contributed by atoms with Crippen molar-refractivity contribution in [3.05, 3.63) is 0 Å². The first-order valence-corrected chi connectivity index (χ1v) is 5.21. The summed E-state index contributed by atoms with van der Waals surface area (Å²) in [6, 6.07) is 1.96. The number of nitriles is 1. The Hall–Kier alpha value is -0.730. The summed E-state index contributed by atoms with van der Waals surface area (Å²) in [6.45, 7) is 3.00. The molecule has 0 bridgehead atoms. The van der Waals surface area contributed by atoms with Crippen LogP contribution in [0.3, 0.4) is 0 Å². The highest BCUT2D eigenvalue weighted by molar-refractivity contribution is 8.00. The minimum absolute atomic E-state index is 0.0273. The van der Waals surface area contributed by atoms with Crippen LogP contribution in [0.5, 0.6) is 0 Å². The van der Waals surface area contributed by atoms with Gasteiger partial charge >= 0.3 is 0 Å². The average Bonchev–Trinajstić information content (AvgIpc) is 2.14. The first-order chi connectivity index (χ1) is 6.20. The van der Waals surface area contributed by atoms with E-state index in [1.54, 1.807) is 0 Å². The maximum Gasteiger partial charge on any atom is 0.230 e. The van der Waals surface area contributed by atoms with E-state index in [1.807, 2.05) is 13.0 Å². The van der Waals surface area contributed by atoms with E-state index in [2.05, 4.69) is 5.32 Å². The summed E-state index contributed by atoms with van der Waals surface area (Å²) in [5.41, 5.74) is 5.38. The zero-order chi connectivity index (χ0) is 10.1. The molecule has 0 radical (unpaired) electrons. The molecule has 1 atom stereocenters. The number of hydrogen-bond donors (Lipinski definition) is 2. The second kappa shape index (κ2) is 7.90. The maximum absolute atomic E-state index is 11.1. The van der Waals surface area contributed by atoms with Gasteiger partial charge in [0.15, 0.2) is 0 Å². The fraction of sp³-hybridized carbons (Fsp3) is 0.750. The summed E-state index contributed by atoms with van der Waals surface area (Å²) < 4.78 is 0. The molecule has 3 N–H and O–H groups in total. The molecule has 1 amide bonds. The second-order valence-electron chi connectivity index (χ2n) is 2.62. The van der Waals surface area contributed by atoms with Crippen LogP contribution >= 0.6 is 11.8 Å². The molecule has 0 aliphatic carbocycles. The monoisotopic (exact) mass is 201 g/mol. The second-order valence-corrected chi connectivity index (χ2v) is 4.04. The summed E-state index contributed by atoms with van der Waals surface area (Å²) in [5.74, 6) is 0.393. The summed E-state index contributed by atoms with van der Waals surface area (Å²) in [5, 5.41) is 11.2. The van der Waals surface area contributed by atoms with Crippen molar-refractivity contribution in [1.82, 2.24) is 5.32 Å². The highest BCUT2D eigenvalue weighted by atomic mass is 32.2. The summed E-state index contributed by atoms with van der Waals surface area (Å²) in [6.07, 6.45) is 0.364. The first kappa shape index (κ1) is 12.3. The van der Waals surface area contributed by atoms with Crippen molar-refractivity contribution in [3.63, 3.8) is 0 Å². The topological polar surface area (TPSA) is 78.9 Å².